The Labute approximate surface area is 382 Å². The van der Waals surface area contributed by atoms with Crippen molar-refractivity contribution >= 4 is 45.9 Å². The lowest BCUT2D eigenvalue weighted by molar-refractivity contribution is -0.134. The van der Waals surface area contributed by atoms with Crippen LogP contribution in [0.3, 0.4) is 0 Å². The predicted molar refractivity (Wildman–Crippen MR) is 238 cm³/mol. The van der Waals surface area contributed by atoms with Gasteiger partial charge in [0.05, 0.1) is 18.0 Å². The maximum absolute atomic E-state index is 16.0. The van der Waals surface area contributed by atoms with Gasteiger partial charge in [-0.25, -0.2) is 31.3 Å². The fourth-order valence-electron chi connectivity index (χ4n) is 9.37. The number of benzene rings is 2. The molecule has 1 atom stereocenters. The first-order chi connectivity index (χ1) is 32.1. The topological polar surface area (TPSA) is 140 Å². The van der Waals surface area contributed by atoms with E-state index in [2.05, 4.69) is 20.4 Å². The molecule has 7 heterocycles. The van der Waals surface area contributed by atoms with Gasteiger partial charge in [0, 0.05) is 107 Å². The lowest BCUT2D eigenvalue weighted by atomic mass is 9.91. The predicted octanol–water partition coefficient (Wildman–Crippen LogP) is 7.30. The van der Waals surface area contributed by atoms with Crippen LogP contribution in [0.1, 0.15) is 78.9 Å². The zero-order valence-corrected chi connectivity index (χ0v) is 37.1. The molecule has 13 nitrogen and oxygen atoms in total. The summed E-state index contributed by atoms with van der Waals surface area (Å²) in [6.45, 7) is 2.67. The van der Waals surface area contributed by atoms with Gasteiger partial charge in [0.2, 0.25) is 17.7 Å². The molecule has 3 saturated heterocycles. The number of hydrogen-bond donors (Lipinski definition) is 2. The lowest BCUT2D eigenvalue weighted by Crippen LogP contribution is -2.51. The van der Waals surface area contributed by atoms with Gasteiger partial charge in [-0.15, -0.1) is 0 Å². The van der Waals surface area contributed by atoms with Gasteiger partial charge in [0.25, 0.3) is 11.8 Å². The molecule has 0 radical (unpaired) electrons. The summed E-state index contributed by atoms with van der Waals surface area (Å²) >= 11 is 0. The normalized spacial score (nSPS) is 19.2. The molecular weight excluding hydrogens is 881 g/mol. The maximum Gasteiger partial charge on any atom is 0.269 e. The highest BCUT2D eigenvalue weighted by Crippen LogP contribution is 2.39. The number of halogens is 6. The molecule has 4 amide bonds. The second kappa shape index (κ2) is 19.8. The number of aromatic amines is 1. The Bertz CT molecular complexity index is 2700. The first-order valence-electron chi connectivity index (χ1n) is 22.4. The van der Waals surface area contributed by atoms with E-state index in [1.165, 1.54) is 41.4 Å². The Morgan fingerprint density at radius 1 is 0.910 bits per heavy atom. The van der Waals surface area contributed by atoms with E-state index in [1.54, 1.807) is 42.1 Å². The largest absolute Gasteiger partial charge is 0.354 e. The third-order valence-electron chi connectivity index (χ3n) is 12.9. The van der Waals surface area contributed by atoms with Crippen LogP contribution in [0.5, 0.6) is 0 Å². The van der Waals surface area contributed by atoms with Crippen molar-refractivity contribution < 1.29 is 45.5 Å². The van der Waals surface area contributed by atoms with Gasteiger partial charge >= 0.3 is 0 Å². The van der Waals surface area contributed by atoms with Gasteiger partial charge in [0.1, 0.15) is 5.69 Å². The quantitative estimate of drug-likeness (QED) is 0.116. The molecule has 0 spiro atoms. The number of aryl methyl sites for hydroxylation is 1. The molecule has 19 heteroatoms. The molecule has 354 valence electrons. The summed E-state index contributed by atoms with van der Waals surface area (Å²) in [5.74, 6) is -7.42. The number of carbonyl (C=O) groups excluding carboxylic acids is 4. The van der Waals surface area contributed by atoms with Crippen LogP contribution in [-0.4, -0.2) is 123 Å². The summed E-state index contributed by atoms with van der Waals surface area (Å²) in [7, 11) is 3.13. The number of aromatic nitrogens is 4. The minimum Gasteiger partial charge on any atom is -0.354 e. The number of rotatable bonds is 9. The number of imide groups is 1. The molecule has 0 bridgehead atoms. The average molecular weight is 932 g/mol. The Morgan fingerprint density at radius 2 is 1.70 bits per heavy atom. The zero-order chi connectivity index (χ0) is 47.6. The highest BCUT2D eigenvalue weighted by Gasteiger charge is 2.39. The van der Waals surface area contributed by atoms with Crippen LogP contribution in [0.2, 0.25) is 0 Å². The third kappa shape index (κ3) is 10.4. The van der Waals surface area contributed by atoms with Crippen LogP contribution in [0.4, 0.5) is 32.2 Å². The van der Waals surface area contributed by atoms with Crippen LogP contribution in [0.25, 0.3) is 27.6 Å². The van der Waals surface area contributed by atoms with Crippen molar-refractivity contribution in [3.63, 3.8) is 0 Å². The standard InChI is InChI=1S/C28H26F3N5O2.C20H25F3N4O2/c1-34(2)28(38)23-15-21-20(18-7-3-8-22(29)25(18)30)14-19(26(31)27(21)33-23)17-6-4-11-35(16-17)24(37)9-13-36-12-5-10-32-36;21-16-10-13(15-2-3-17(28)25-19(15)29)11-24-18(16)26-8-4-14(5-9-26)27-7-1-6-20(22,23)12-27/h3,5-8,10,12,14-15,33H,4,9,11,13,16H2,1-2H3;10-11,14-15H,1-9,12H2,(H,25,28,29). The molecule has 2 N–H and O–H groups in total. The molecule has 3 fully saturated rings. The van der Waals surface area contributed by atoms with Crippen LogP contribution in [-0.2, 0) is 20.9 Å². The summed E-state index contributed by atoms with van der Waals surface area (Å²) in [6.07, 6.45) is 9.92. The number of nitrogens with one attached hydrogen (secondary N) is 2. The molecule has 4 aliphatic heterocycles. The SMILES string of the molecule is CN(C)C(=O)c1cc2c(-c3cccc(F)c3F)cc(C3=CCCN(C(=O)CCn4cccn4)C3)c(F)c2[nH]1.O=C1CCC(c2cnc(N3CCC(N4CCCC(F)(F)C4)CC3)c(F)c2)C(=O)N1. The number of alkyl halides is 2. The number of nitrogens with zero attached hydrogens (tertiary/aromatic N) is 7. The Kier molecular flexibility index (Phi) is 13.9. The van der Waals surface area contributed by atoms with Gasteiger partial charge in [-0.3, -0.25) is 34.1 Å². The van der Waals surface area contributed by atoms with Crippen LogP contribution < -0.4 is 10.2 Å². The van der Waals surface area contributed by atoms with Gasteiger partial charge in [0.15, 0.2) is 29.1 Å². The third-order valence-corrected chi connectivity index (χ3v) is 12.9. The number of hydrogen-bond acceptors (Lipinski definition) is 8. The van der Waals surface area contributed by atoms with Crippen molar-refractivity contribution in [2.24, 2.45) is 0 Å². The molecule has 1 unspecified atom stereocenters. The second-order valence-electron chi connectivity index (χ2n) is 17.6. The monoisotopic (exact) mass is 931 g/mol. The summed E-state index contributed by atoms with van der Waals surface area (Å²) in [5.41, 5.74) is 1.49. The van der Waals surface area contributed by atoms with Crippen LogP contribution >= 0.6 is 0 Å². The van der Waals surface area contributed by atoms with E-state index in [9.17, 15) is 41.1 Å². The maximum atomic E-state index is 16.0. The number of fused-ring (bicyclic) bond motifs is 1. The molecule has 5 aromatic rings. The molecular formula is C48H51F6N9O4. The van der Waals surface area contributed by atoms with Gasteiger partial charge in [-0.1, -0.05) is 18.2 Å². The molecule has 4 aliphatic rings. The van der Waals surface area contributed by atoms with Gasteiger partial charge in [-0.2, -0.15) is 5.10 Å². The van der Waals surface area contributed by atoms with E-state index in [-0.39, 0.29) is 89.3 Å². The number of H-pyrrole nitrogens is 1. The van der Waals surface area contributed by atoms with E-state index >= 15 is 4.39 Å². The average Bonchev–Trinajstić information content (AvgIpc) is 4.01. The number of amides is 4. The fraction of sp³-hybridized carbons (Fsp3) is 0.417. The minimum atomic E-state index is -2.62. The Morgan fingerprint density at radius 3 is 2.40 bits per heavy atom. The van der Waals surface area contributed by atoms with Crippen molar-refractivity contribution in [1.82, 2.24) is 39.8 Å². The molecule has 2 aromatic carbocycles. The van der Waals surface area contributed by atoms with E-state index < -0.39 is 46.9 Å². The van der Waals surface area contributed by atoms with Gasteiger partial charge in [-0.05, 0) is 85.7 Å². The number of piperidine rings is 3. The Balaban J connectivity index is 0.000000188. The Hall–Kier alpha value is -6.50. The first kappa shape index (κ1) is 47.0. The van der Waals surface area contributed by atoms with E-state index in [1.807, 2.05) is 15.9 Å². The van der Waals surface area contributed by atoms with E-state index in [4.69, 9.17) is 0 Å². The summed E-state index contributed by atoms with van der Waals surface area (Å²) in [6, 6.07) is 9.90. The minimum absolute atomic E-state index is 0.00870. The highest BCUT2D eigenvalue weighted by atomic mass is 19.3. The van der Waals surface area contributed by atoms with Crippen molar-refractivity contribution in [1.29, 1.82) is 0 Å². The second-order valence-corrected chi connectivity index (χ2v) is 17.6. The number of carbonyl (C=O) groups is 4. The van der Waals surface area contributed by atoms with Crippen LogP contribution in [0.15, 0.2) is 67.1 Å². The smallest absolute Gasteiger partial charge is 0.269 e. The van der Waals surface area contributed by atoms with Crippen molar-refractivity contribution in [3.8, 4) is 11.1 Å². The zero-order valence-electron chi connectivity index (χ0n) is 37.1. The summed E-state index contributed by atoms with van der Waals surface area (Å²) in [5, 5.41) is 6.64. The van der Waals surface area contributed by atoms with Crippen molar-refractivity contribution in [2.45, 2.75) is 75.8 Å². The summed E-state index contributed by atoms with van der Waals surface area (Å²) in [4.78, 5) is 62.6. The molecule has 3 aromatic heterocycles. The van der Waals surface area contributed by atoms with Crippen molar-refractivity contribution in [3.05, 3.63) is 107 Å². The van der Waals surface area contributed by atoms with E-state index in [0.717, 1.165) is 6.07 Å². The number of likely N-dealkylation sites (tertiary alicyclic amines) is 1. The lowest BCUT2D eigenvalue weighted by Gasteiger charge is -2.42. The summed E-state index contributed by atoms with van der Waals surface area (Å²) < 4.78 is 88.9. The molecule has 0 aliphatic carbocycles. The number of anilines is 1. The molecule has 9 rings (SSSR count). The highest BCUT2D eigenvalue weighted by molar-refractivity contribution is 6.05. The molecule has 0 saturated carbocycles. The van der Waals surface area contributed by atoms with E-state index in [0.29, 0.717) is 76.0 Å². The van der Waals surface area contributed by atoms with Gasteiger partial charge < -0.3 is 19.7 Å². The number of pyridine rings is 1. The van der Waals surface area contributed by atoms with Crippen molar-refractivity contribution in [2.75, 3.05) is 58.3 Å². The first-order valence-corrected chi connectivity index (χ1v) is 22.4. The molecule has 67 heavy (non-hydrogen) atoms. The van der Waals surface area contributed by atoms with Crippen LogP contribution in [0, 0.1) is 23.3 Å². The fourth-order valence-corrected chi connectivity index (χ4v) is 9.37.